The van der Waals surface area contributed by atoms with Crippen LogP contribution in [0.1, 0.15) is 37.6 Å². The Morgan fingerprint density at radius 2 is 2.00 bits per heavy atom. The lowest BCUT2D eigenvalue weighted by Crippen LogP contribution is -2.24. The number of rotatable bonds is 1. The Labute approximate surface area is 163 Å². The van der Waals surface area contributed by atoms with Gasteiger partial charge in [-0.15, -0.1) is 0 Å². The minimum absolute atomic E-state index is 0.00442. The number of nitriles is 1. The summed E-state index contributed by atoms with van der Waals surface area (Å²) >= 11 is 12.6. The molecule has 0 aliphatic carbocycles. The maximum atomic E-state index is 11.9. The van der Waals surface area contributed by atoms with Crippen LogP contribution in [0.4, 0.5) is 0 Å². The standard InChI is InChI=1S/C15H13Cl2N3O.C4H10O/c1-20-11-3-5-19-12(21)7-9(11)13-8(2-4-18)6-10(16)14(17)15(13)20;1-4(2,3)5/h6H,2-3,5,7H2,1H3,(H,19,21);5H,1-3H3. The fourth-order valence-electron chi connectivity index (χ4n) is 3.07. The average molecular weight is 396 g/mol. The first-order valence-corrected chi connectivity index (χ1v) is 9.13. The van der Waals surface area contributed by atoms with E-state index in [2.05, 4.69) is 11.4 Å². The molecule has 1 aromatic heterocycles. The number of fused-ring (bicyclic) bond motifs is 3. The molecule has 5 nitrogen and oxygen atoms in total. The molecule has 2 N–H and O–H groups in total. The van der Waals surface area contributed by atoms with E-state index in [9.17, 15) is 4.79 Å². The number of nitrogens with zero attached hydrogens (tertiary/aromatic N) is 2. The van der Waals surface area contributed by atoms with Gasteiger partial charge in [0.05, 0.1) is 40.1 Å². The highest BCUT2D eigenvalue weighted by Gasteiger charge is 2.25. The first kappa shape index (κ1) is 20.6. The third-order valence-electron chi connectivity index (χ3n) is 3.96. The van der Waals surface area contributed by atoms with E-state index >= 15 is 0 Å². The van der Waals surface area contributed by atoms with Crippen LogP contribution in [0.2, 0.25) is 10.0 Å². The predicted octanol–water partition coefficient (Wildman–Crippen LogP) is 3.54. The second-order valence-corrected chi connectivity index (χ2v) is 8.11. The Morgan fingerprint density at radius 1 is 1.38 bits per heavy atom. The topological polar surface area (TPSA) is 78.1 Å². The number of aryl methyl sites for hydroxylation is 1. The molecule has 0 fully saturated rings. The van der Waals surface area contributed by atoms with Crippen molar-refractivity contribution in [1.29, 1.82) is 5.26 Å². The van der Waals surface area contributed by atoms with Gasteiger partial charge in [0, 0.05) is 31.1 Å². The number of benzene rings is 1. The first-order valence-electron chi connectivity index (χ1n) is 8.37. The van der Waals surface area contributed by atoms with Crippen molar-refractivity contribution in [3.8, 4) is 6.07 Å². The smallest absolute Gasteiger partial charge is 0.224 e. The van der Waals surface area contributed by atoms with Crippen LogP contribution >= 0.6 is 23.2 Å². The summed E-state index contributed by atoms with van der Waals surface area (Å²) in [7, 11) is 1.93. The van der Waals surface area contributed by atoms with E-state index in [-0.39, 0.29) is 12.3 Å². The summed E-state index contributed by atoms with van der Waals surface area (Å²) in [5.41, 5.74) is 3.18. The van der Waals surface area contributed by atoms with Gasteiger partial charge in [-0.25, -0.2) is 0 Å². The summed E-state index contributed by atoms with van der Waals surface area (Å²) in [6.07, 6.45) is 1.29. The van der Waals surface area contributed by atoms with Gasteiger partial charge in [0.25, 0.3) is 0 Å². The molecule has 1 aliphatic heterocycles. The fourth-order valence-corrected chi connectivity index (χ4v) is 3.57. The molecule has 26 heavy (non-hydrogen) atoms. The Kier molecular flexibility index (Phi) is 6.23. The lowest BCUT2D eigenvalue weighted by molar-refractivity contribution is -0.120. The van der Waals surface area contributed by atoms with Crippen LogP contribution in [0.15, 0.2) is 6.07 Å². The summed E-state index contributed by atoms with van der Waals surface area (Å²) in [6, 6.07) is 3.89. The van der Waals surface area contributed by atoms with E-state index < -0.39 is 5.60 Å². The Bertz CT molecular complexity index is 883. The zero-order valence-corrected chi connectivity index (χ0v) is 16.9. The molecule has 2 heterocycles. The number of hydrogen-bond acceptors (Lipinski definition) is 3. The van der Waals surface area contributed by atoms with Gasteiger partial charge >= 0.3 is 0 Å². The molecule has 0 bridgehead atoms. The SMILES string of the molecule is CC(C)(C)O.Cn1c2c(c3c(CC#N)cc(Cl)c(Cl)c31)CC(=O)NCC2. The molecule has 0 radical (unpaired) electrons. The van der Waals surface area contributed by atoms with Gasteiger partial charge in [-0.3, -0.25) is 4.79 Å². The van der Waals surface area contributed by atoms with Crippen molar-refractivity contribution < 1.29 is 9.90 Å². The second kappa shape index (κ2) is 7.87. The van der Waals surface area contributed by atoms with Crippen molar-refractivity contribution in [2.75, 3.05) is 6.54 Å². The summed E-state index contributed by atoms with van der Waals surface area (Å²) < 4.78 is 2.00. The van der Waals surface area contributed by atoms with Gasteiger partial charge in [0.15, 0.2) is 0 Å². The number of carbonyl (C=O) groups is 1. The highest BCUT2D eigenvalue weighted by Crippen LogP contribution is 2.39. The number of amides is 1. The minimum Gasteiger partial charge on any atom is -0.391 e. The van der Waals surface area contributed by atoms with E-state index in [1.54, 1.807) is 26.8 Å². The van der Waals surface area contributed by atoms with Crippen molar-refractivity contribution >= 4 is 40.0 Å². The zero-order chi connectivity index (χ0) is 19.6. The van der Waals surface area contributed by atoms with Crippen LogP contribution in [-0.4, -0.2) is 27.7 Å². The second-order valence-electron chi connectivity index (χ2n) is 7.32. The van der Waals surface area contributed by atoms with Crippen LogP contribution in [-0.2, 0) is 31.1 Å². The van der Waals surface area contributed by atoms with Crippen molar-refractivity contribution in [2.24, 2.45) is 7.05 Å². The van der Waals surface area contributed by atoms with Gasteiger partial charge in [-0.1, -0.05) is 23.2 Å². The van der Waals surface area contributed by atoms with Crippen LogP contribution < -0.4 is 5.32 Å². The van der Waals surface area contributed by atoms with Crippen LogP contribution in [0.25, 0.3) is 10.9 Å². The largest absolute Gasteiger partial charge is 0.391 e. The Hall–Kier alpha value is -1.74. The molecular weight excluding hydrogens is 373 g/mol. The lowest BCUT2D eigenvalue weighted by Gasteiger charge is -2.08. The maximum absolute atomic E-state index is 11.9. The Morgan fingerprint density at radius 3 is 2.58 bits per heavy atom. The lowest BCUT2D eigenvalue weighted by atomic mass is 10.00. The third kappa shape index (κ3) is 4.50. The number of aromatic nitrogens is 1. The molecule has 140 valence electrons. The van der Waals surface area contributed by atoms with E-state index in [1.165, 1.54) is 0 Å². The fraction of sp³-hybridized carbons (Fsp3) is 0.474. The maximum Gasteiger partial charge on any atom is 0.224 e. The van der Waals surface area contributed by atoms with Crippen LogP contribution in [0.5, 0.6) is 0 Å². The quantitative estimate of drug-likeness (QED) is 0.774. The number of nitrogens with one attached hydrogen (secondary N) is 1. The first-order chi connectivity index (χ1) is 12.0. The van der Waals surface area contributed by atoms with E-state index in [0.29, 0.717) is 23.0 Å². The average Bonchev–Trinajstić information content (AvgIpc) is 2.66. The van der Waals surface area contributed by atoms with Crippen molar-refractivity contribution in [2.45, 2.75) is 45.6 Å². The van der Waals surface area contributed by atoms with E-state index in [1.807, 2.05) is 11.6 Å². The van der Waals surface area contributed by atoms with Gasteiger partial charge in [-0.2, -0.15) is 5.26 Å². The molecular formula is C19H23Cl2N3O2. The summed E-state index contributed by atoms with van der Waals surface area (Å²) in [5.74, 6) is -0.00442. The molecule has 1 aliphatic rings. The zero-order valence-electron chi connectivity index (χ0n) is 15.4. The van der Waals surface area contributed by atoms with E-state index in [4.69, 9.17) is 33.6 Å². The minimum atomic E-state index is -0.500. The van der Waals surface area contributed by atoms with Crippen LogP contribution in [0.3, 0.4) is 0 Å². The Balaban J connectivity index is 0.000000431. The molecule has 3 rings (SSSR count). The molecule has 1 amide bonds. The molecule has 0 unspecified atom stereocenters. The molecule has 0 spiro atoms. The predicted molar refractivity (Wildman–Crippen MR) is 105 cm³/mol. The van der Waals surface area contributed by atoms with Crippen molar-refractivity contribution in [3.63, 3.8) is 0 Å². The molecule has 0 atom stereocenters. The van der Waals surface area contributed by atoms with E-state index in [0.717, 1.165) is 34.1 Å². The number of carbonyl (C=O) groups excluding carboxylic acids is 1. The molecule has 0 saturated carbocycles. The highest BCUT2D eigenvalue weighted by molar-refractivity contribution is 6.45. The number of aliphatic hydroxyl groups is 1. The van der Waals surface area contributed by atoms with Gasteiger partial charge in [-0.05, 0) is 38.0 Å². The normalized spacial score (nSPS) is 14.0. The van der Waals surface area contributed by atoms with Gasteiger partial charge in [0.2, 0.25) is 5.91 Å². The molecule has 0 saturated heterocycles. The molecule has 2 aromatic rings. The van der Waals surface area contributed by atoms with Crippen molar-refractivity contribution in [3.05, 3.63) is 32.9 Å². The van der Waals surface area contributed by atoms with Crippen molar-refractivity contribution in [1.82, 2.24) is 9.88 Å². The summed E-state index contributed by atoms with van der Waals surface area (Å²) in [6.45, 7) is 5.84. The number of halogens is 2. The van der Waals surface area contributed by atoms with Gasteiger partial charge in [0.1, 0.15) is 0 Å². The monoisotopic (exact) mass is 395 g/mol. The van der Waals surface area contributed by atoms with Gasteiger partial charge < -0.3 is 15.0 Å². The molecule has 7 heteroatoms. The molecule has 1 aromatic carbocycles. The summed E-state index contributed by atoms with van der Waals surface area (Å²) in [4.78, 5) is 11.9. The highest BCUT2D eigenvalue weighted by atomic mass is 35.5. The summed E-state index contributed by atoms with van der Waals surface area (Å²) in [5, 5.41) is 22.3. The van der Waals surface area contributed by atoms with Crippen LogP contribution in [0, 0.1) is 11.3 Å². The number of hydrogen-bond donors (Lipinski definition) is 2. The third-order valence-corrected chi connectivity index (χ3v) is 4.74.